The van der Waals surface area contributed by atoms with Gasteiger partial charge in [-0.2, -0.15) is 5.10 Å². The number of nitrogens with zero attached hydrogens (tertiary/aromatic N) is 6. The van der Waals surface area contributed by atoms with Crippen LogP contribution in [0.4, 0.5) is 5.95 Å². The number of aryl methyl sites for hydroxylation is 1. The molecule has 1 aromatic carbocycles. The van der Waals surface area contributed by atoms with Gasteiger partial charge >= 0.3 is 0 Å². The summed E-state index contributed by atoms with van der Waals surface area (Å²) in [7, 11) is 2.05. The van der Waals surface area contributed by atoms with Crippen LogP contribution in [0.2, 0.25) is 0 Å². The van der Waals surface area contributed by atoms with E-state index in [9.17, 15) is 4.79 Å². The lowest BCUT2D eigenvalue weighted by molar-refractivity contribution is 0.485. The first-order chi connectivity index (χ1) is 14.2. The van der Waals surface area contributed by atoms with E-state index < -0.39 is 0 Å². The molecule has 0 saturated carbocycles. The molecule has 0 N–H and O–H groups in total. The Kier molecular flexibility index (Phi) is 4.35. The number of aromatic nitrogens is 5. The summed E-state index contributed by atoms with van der Waals surface area (Å²) in [6.07, 6.45) is 5.55. The van der Waals surface area contributed by atoms with E-state index in [2.05, 4.69) is 32.7 Å². The number of imidazole rings is 1. The van der Waals surface area contributed by atoms with Gasteiger partial charge in [0.15, 0.2) is 0 Å². The van der Waals surface area contributed by atoms with E-state index in [-0.39, 0.29) is 11.6 Å². The van der Waals surface area contributed by atoms with Gasteiger partial charge < -0.3 is 9.47 Å². The van der Waals surface area contributed by atoms with Crippen molar-refractivity contribution in [2.45, 2.75) is 25.4 Å². The Morgan fingerprint density at radius 1 is 1.07 bits per heavy atom. The first-order valence-corrected chi connectivity index (χ1v) is 9.87. The number of hydrogen-bond donors (Lipinski definition) is 0. The lowest BCUT2D eigenvalue weighted by atomic mass is 10.2. The second kappa shape index (κ2) is 7.16. The van der Waals surface area contributed by atoms with Crippen molar-refractivity contribution in [2.75, 3.05) is 11.4 Å². The van der Waals surface area contributed by atoms with E-state index in [1.807, 2.05) is 30.3 Å². The fourth-order valence-electron chi connectivity index (χ4n) is 4.13. The van der Waals surface area contributed by atoms with Gasteiger partial charge in [0.05, 0.1) is 29.3 Å². The van der Waals surface area contributed by atoms with Crippen molar-refractivity contribution in [3.8, 4) is 11.3 Å². The van der Waals surface area contributed by atoms with Crippen LogP contribution in [0.25, 0.3) is 22.3 Å². The predicted octanol–water partition coefficient (Wildman–Crippen LogP) is 2.86. The molecule has 1 aliphatic rings. The zero-order valence-corrected chi connectivity index (χ0v) is 16.3. The molecule has 1 atom stereocenters. The molecule has 4 aromatic rings. The Morgan fingerprint density at radius 2 is 1.90 bits per heavy atom. The monoisotopic (exact) mass is 386 g/mol. The summed E-state index contributed by atoms with van der Waals surface area (Å²) in [6.45, 7) is 1.47. The molecule has 4 heterocycles. The Hall–Kier alpha value is -3.48. The average Bonchev–Trinajstić information content (AvgIpc) is 3.34. The maximum atomic E-state index is 12.5. The summed E-state index contributed by atoms with van der Waals surface area (Å²) >= 11 is 0. The van der Waals surface area contributed by atoms with Crippen molar-refractivity contribution < 1.29 is 0 Å². The van der Waals surface area contributed by atoms with Crippen molar-refractivity contribution in [3.05, 3.63) is 71.3 Å². The molecule has 0 bridgehead atoms. The van der Waals surface area contributed by atoms with Crippen LogP contribution in [0.5, 0.6) is 0 Å². The van der Waals surface area contributed by atoms with E-state index >= 15 is 0 Å². The molecular formula is C22H22N6O. The van der Waals surface area contributed by atoms with Crippen LogP contribution in [-0.2, 0) is 13.6 Å². The number of hydrogen-bond acceptors (Lipinski definition) is 5. The second-order valence-corrected chi connectivity index (χ2v) is 7.42. The van der Waals surface area contributed by atoms with E-state index in [1.54, 1.807) is 29.2 Å². The molecule has 1 fully saturated rings. The maximum Gasteiger partial charge on any atom is 0.266 e. The molecule has 7 heteroatoms. The van der Waals surface area contributed by atoms with Gasteiger partial charge in [-0.25, -0.2) is 9.67 Å². The Morgan fingerprint density at radius 3 is 2.72 bits per heavy atom. The predicted molar refractivity (Wildman–Crippen MR) is 113 cm³/mol. The van der Waals surface area contributed by atoms with Crippen LogP contribution in [0, 0.1) is 0 Å². The summed E-state index contributed by atoms with van der Waals surface area (Å²) in [5, 5.41) is 4.62. The van der Waals surface area contributed by atoms with Gasteiger partial charge in [-0.15, -0.1) is 0 Å². The topological polar surface area (TPSA) is 68.8 Å². The summed E-state index contributed by atoms with van der Waals surface area (Å²) in [6, 6.07) is 15.5. The number of benzene rings is 1. The highest BCUT2D eigenvalue weighted by Crippen LogP contribution is 2.28. The van der Waals surface area contributed by atoms with Crippen molar-refractivity contribution >= 4 is 17.0 Å². The zero-order chi connectivity index (χ0) is 19.8. The molecule has 0 aliphatic carbocycles. The fourth-order valence-corrected chi connectivity index (χ4v) is 4.13. The molecule has 146 valence electrons. The minimum absolute atomic E-state index is 0.0837. The SMILES string of the molecule is Cn1c(N2CCCC2Cn2nc(-c3ccncc3)ccc2=O)nc2ccccc21. The molecule has 0 amide bonds. The van der Waals surface area contributed by atoms with E-state index in [4.69, 9.17) is 4.98 Å². The summed E-state index contributed by atoms with van der Waals surface area (Å²) in [4.78, 5) is 23.7. The minimum Gasteiger partial charge on any atom is -0.337 e. The summed E-state index contributed by atoms with van der Waals surface area (Å²) in [5.41, 5.74) is 3.75. The van der Waals surface area contributed by atoms with Crippen molar-refractivity contribution in [1.29, 1.82) is 0 Å². The third kappa shape index (κ3) is 3.18. The highest BCUT2D eigenvalue weighted by atomic mass is 16.1. The number of pyridine rings is 1. The van der Waals surface area contributed by atoms with Crippen molar-refractivity contribution in [3.63, 3.8) is 0 Å². The van der Waals surface area contributed by atoms with Gasteiger partial charge in [-0.1, -0.05) is 12.1 Å². The van der Waals surface area contributed by atoms with Gasteiger partial charge in [-0.05, 0) is 43.2 Å². The molecule has 5 rings (SSSR count). The minimum atomic E-state index is -0.0837. The van der Waals surface area contributed by atoms with Gasteiger partial charge in [0.2, 0.25) is 5.95 Å². The highest BCUT2D eigenvalue weighted by Gasteiger charge is 2.29. The standard InChI is InChI=1S/C22H22N6O/c1-26-20-7-3-2-6-19(20)24-22(26)27-14-4-5-17(27)15-28-21(29)9-8-18(25-28)16-10-12-23-13-11-16/h2-3,6-13,17H,4-5,14-15H2,1H3. The Labute approximate surface area is 168 Å². The van der Waals surface area contributed by atoms with Crippen LogP contribution >= 0.6 is 0 Å². The molecule has 1 saturated heterocycles. The Balaban J connectivity index is 1.47. The number of rotatable bonds is 4. The molecule has 3 aromatic heterocycles. The number of fused-ring (bicyclic) bond motifs is 1. The molecule has 0 radical (unpaired) electrons. The van der Waals surface area contributed by atoms with Crippen LogP contribution in [0.3, 0.4) is 0 Å². The van der Waals surface area contributed by atoms with Crippen LogP contribution in [0.15, 0.2) is 65.7 Å². The quantitative estimate of drug-likeness (QED) is 0.539. The molecule has 1 aliphatic heterocycles. The molecular weight excluding hydrogens is 364 g/mol. The lowest BCUT2D eigenvalue weighted by Gasteiger charge is -2.26. The van der Waals surface area contributed by atoms with Crippen LogP contribution < -0.4 is 10.5 Å². The largest absolute Gasteiger partial charge is 0.337 e. The second-order valence-electron chi connectivity index (χ2n) is 7.42. The normalized spacial score (nSPS) is 16.6. The Bertz CT molecular complexity index is 1210. The highest BCUT2D eigenvalue weighted by molar-refractivity contribution is 5.78. The number of anilines is 1. The van der Waals surface area contributed by atoms with Gasteiger partial charge in [0.1, 0.15) is 0 Å². The molecule has 29 heavy (non-hydrogen) atoms. The van der Waals surface area contributed by atoms with Gasteiger partial charge in [0.25, 0.3) is 5.56 Å². The van der Waals surface area contributed by atoms with E-state index in [1.165, 1.54) is 0 Å². The molecule has 7 nitrogen and oxygen atoms in total. The van der Waals surface area contributed by atoms with Gasteiger partial charge in [0, 0.05) is 37.6 Å². The smallest absolute Gasteiger partial charge is 0.266 e. The average molecular weight is 386 g/mol. The number of para-hydroxylation sites is 2. The summed E-state index contributed by atoms with van der Waals surface area (Å²) in [5.74, 6) is 0.951. The van der Waals surface area contributed by atoms with Gasteiger partial charge in [-0.3, -0.25) is 9.78 Å². The van der Waals surface area contributed by atoms with E-state index in [0.717, 1.165) is 47.6 Å². The molecule has 1 unspecified atom stereocenters. The zero-order valence-electron chi connectivity index (χ0n) is 16.3. The van der Waals surface area contributed by atoms with Crippen molar-refractivity contribution in [1.82, 2.24) is 24.3 Å². The first-order valence-electron chi connectivity index (χ1n) is 9.87. The fraction of sp³-hybridized carbons (Fsp3) is 0.273. The van der Waals surface area contributed by atoms with Crippen LogP contribution in [0.1, 0.15) is 12.8 Å². The van der Waals surface area contributed by atoms with E-state index in [0.29, 0.717) is 6.54 Å². The molecule has 0 spiro atoms. The van der Waals surface area contributed by atoms with Crippen molar-refractivity contribution in [2.24, 2.45) is 7.05 Å². The third-order valence-electron chi connectivity index (χ3n) is 5.62. The third-order valence-corrected chi connectivity index (χ3v) is 5.62. The lowest BCUT2D eigenvalue weighted by Crippen LogP contribution is -2.38. The first kappa shape index (κ1) is 17.6. The maximum absolute atomic E-state index is 12.5. The summed E-state index contributed by atoms with van der Waals surface area (Å²) < 4.78 is 3.72. The van der Waals surface area contributed by atoms with Crippen LogP contribution in [-0.4, -0.2) is 36.9 Å².